The minimum Gasteiger partial charge on any atom is -0.476 e. The van der Waals surface area contributed by atoms with Crippen molar-refractivity contribution in [1.29, 1.82) is 0 Å². The number of carboxylic acids is 1. The minimum absolute atomic E-state index is 0.115. The maximum absolute atomic E-state index is 10.9. The molecule has 1 saturated heterocycles. The lowest BCUT2D eigenvalue weighted by Gasteiger charge is -2.31. The van der Waals surface area contributed by atoms with E-state index in [-0.39, 0.29) is 23.6 Å². The van der Waals surface area contributed by atoms with Crippen LogP contribution >= 0.6 is 11.3 Å². The molecule has 3 heterocycles. The van der Waals surface area contributed by atoms with Crippen molar-refractivity contribution >= 4 is 23.3 Å². The molecule has 1 aliphatic rings. The number of carboxylic acid groups (broad SMARTS) is 1. The number of aromatic carboxylic acids is 1. The van der Waals surface area contributed by atoms with Gasteiger partial charge < -0.3 is 19.5 Å². The first-order chi connectivity index (χ1) is 11.6. The van der Waals surface area contributed by atoms with Crippen LogP contribution in [-0.2, 0) is 0 Å². The summed E-state index contributed by atoms with van der Waals surface area (Å²) in [5.41, 5.74) is 0.115. The second-order valence-electron chi connectivity index (χ2n) is 5.25. The number of methoxy groups -OCH3 is 2. The van der Waals surface area contributed by atoms with Gasteiger partial charge >= 0.3 is 18.0 Å². The van der Waals surface area contributed by atoms with Gasteiger partial charge in [-0.15, -0.1) is 16.3 Å². The summed E-state index contributed by atoms with van der Waals surface area (Å²) in [5.74, 6) is -0.216. The van der Waals surface area contributed by atoms with Gasteiger partial charge in [-0.1, -0.05) is 0 Å². The van der Waals surface area contributed by atoms with E-state index in [0.717, 1.165) is 30.9 Å². The van der Waals surface area contributed by atoms with Crippen molar-refractivity contribution in [1.82, 2.24) is 19.9 Å². The van der Waals surface area contributed by atoms with Crippen LogP contribution < -0.4 is 14.4 Å². The highest BCUT2D eigenvalue weighted by Crippen LogP contribution is 2.31. The Morgan fingerprint density at radius 2 is 1.79 bits per heavy atom. The first-order valence-corrected chi connectivity index (χ1v) is 8.26. The van der Waals surface area contributed by atoms with Crippen LogP contribution in [0.25, 0.3) is 0 Å². The van der Waals surface area contributed by atoms with E-state index < -0.39 is 5.97 Å². The average molecular weight is 351 g/mol. The van der Waals surface area contributed by atoms with E-state index >= 15 is 0 Å². The van der Waals surface area contributed by atoms with Crippen LogP contribution in [0.2, 0.25) is 0 Å². The summed E-state index contributed by atoms with van der Waals surface area (Å²) in [4.78, 5) is 29.7. The number of ether oxygens (including phenoxy) is 2. The molecule has 0 unspecified atom stereocenters. The first kappa shape index (κ1) is 16.4. The lowest BCUT2D eigenvalue weighted by molar-refractivity contribution is 0.0691. The predicted molar refractivity (Wildman–Crippen MR) is 86.2 cm³/mol. The maximum Gasteiger partial charge on any atom is 0.355 e. The molecule has 2 aromatic rings. The molecule has 0 spiro atoms. The Labute approximate surface area is 142 Å². The zero-order valence-electron chi connectivity index (χ0n) is 13.3. The van der Waals surface area contributed by atoms with Crippen LogP contribution in [0.1, 0.15) is 34.3 Å². The van der Waals surface area contributed by atoms with Crippen molar-refractivity contribution in [3.8, 4) is 12.0 Å². The molecule has 0 bridgehead atoms. The molecule has 0 aromatic carbocycles. The summed E-state index contributed by atoms with van der Waals surface area (Å²) in [6.07, 6.45) is 1.70. The molecule has 128 valence electrons. The molecule has 0 amide bonds. The zero-order chi connectivity index (χ0) is 17.1. The highest BCUT2D eigenvalue weighted by atomic mass is 32.1. The van der Waals surface area contributed by atoms with Gasteiger partial charge in [-0.2, -0.15) is 9.97 Å². The third kappa shape index (κ3) is 3.37. The third-order valence-electron chi connectivity index (χ3n) is 3.82. The molecule has 9 nitrogen and oxygen atoms in total. The smallest absolute Gasteiger partial charge is 0.355 e. The number of thiazole rings is 1. The van der Waals surface area contributed by atoms with Gasteiger partial charge in [0.25, 0.3) is 0 Å². The van der Waals surface area contributed by atoms with Crippen molar-refractivity contribution < 1.29 is 19.4 Å². The van der Waals surface area contributed by atoms with Crippen LogP contribution in [0.4, 0.5) is 5.95 Å². The van der Waals surface area contributed by atoms with E-state index in [4.69, 9.17) is 14.6 Å². The third-order valence-corrected chi connectivity index (χ3v) is 4.82. The van der Waals surface area contributed by atoms with Gasteiger partial charge in [0.15, 0.2) is 5.69 Å². The molecule has 24 heavy (non-hydrogen) atoms. The van der Waals surface area contributed by atoms with E-state index in [1.54, 1.807) is 5.38 Å². The van der Waals surface area contributed by atoms with Crippen LogP contribution in [0.5, 0.6) is 12.0 Å². The molecule has 0 radical (unpaired) electrons. The van der Waals surface area contributed by atoms with Crippen molar-refractivity contribution in [3.63, 3.8) is 0 Å². The number of anilines is 1. The number of rotatable bonds is 5. The van der Waals surface area contributed by atoms with Crippen molar-refractivity contribution in [2.75, 3.05) is 32.2 Å². The van der Waals surface area contributed by atoms with Gasteiger partial charge in [0, 0.05) is 24.4 Å². The molecule has 1 aliphatic heterocycles. The van der Waals surface area contributed by atoms with Gasteiger partial charge in [-0.25, -0.2) is 9.78 Å². The topological polar surface area (TPSA) is 111 Å². The molecule has 1 N–H and O–H groups in total. The van der Waals surface area contributed by atoms with Crippen LogP contribution in [0.15, 0.2) is 5.38 Å². The Bertz CT molecular complexity index is 707. The Hall–Kier alpha value is -2.49. The van der Waals surface area contributed by atoms with E-state index in [1.807, 2.05) is 4.90 Å². The monoisotopic (exact) mass is 351 g/mol. The molecule has 0 atom stereocenters. The van der Waals surface area contributed by atoms with Gasteiger partial charge in [-0.3, -0.25) is 0 Å². The Morgan fingerprint density at radius 3 is 2.29 bits per heavy atom. The normalized spacial score (nSPS) is 15.3. The van der Waals surface area contributed by atoms with E-state index in [0.29, 0.717) is 5.95 Å². The number of aromatic nitrogens is 4. The number of piperidine rings is 1. The summed E-state index contributed by atoms with van der Waals surface area (Å²) < 4.78 is 10.1. The molecule has 0 aliphatic carbocycles. The second-order valence-corrected chi connectivity index (χ2v) is 6.14. The zero-order valence-corrected chi connectivity index (χ0v) is 14.1. The summed E-state index contributed by atoms with van der Waals surface area (Å²) in [6, 6.07) is 0.426. The second kappa shape index (κ2) is 6.95. The Morgan fingerprint density at radius 1 is 1.17 bits per heavy atom. The molecule has 2 aromatic heterocycles. The number of carbonyl (C=O) groups is 1. The van der Waals surface area contributed by atoms with Crippen molar-refractivity contribution in [2.24, 2.45) is 0 Å². The molecule has 0 saturated carbocycles. The minimum atomic E-state index is -0.987. The Balaban J connectivity index is 1.69. The summed E-state index contributed by atoms with van der Waals surface area (Å²) in [6.45, 7) is 1.48. The van der Waals surface area contributed by atoms with Crippen molar-refractivity contribution in [2.45, 2.75) is 18.8 Å². The maximum atomic E-state index is 10.9. The van der Waals surface area contributed by atoms with Crippen LogP contribution in [-0.4, -0.2) is 58.3 Å². The van der Waals surface area contributed by atoms with Crippen LogP contribution in [0.3, 0.4) is 0 Å². The van der Waals surface area contributed by atoms with E-state index in [2.05, 4.69) is 19.9 Å². The van der Waals surface area contributed by atoms with Gasteiger partial charge in [0.1, 0.15) is 0 Å². The highest BCUT2D eigenvalue weighted by molar-refractivity contribution is 7.09. The fraction of sp³-hybridized carbons (Fsp3) is 0.500. The fourth-order valence-electron chi connectivity index (χ4n) is 2.55. The number of hydrogen-bond acceptors (Lipinski definition) is 9. The molecule has 1 fully saturated rings. The number of nitrogens with zero attached hydrogens (tertiary/aromatic N) is 5. The first-order valence-electron chi connectivity index (χ1n) is 7.38. The molecule has 3 rings (SSSR count). The van der Waals surface area contributed by atoms with E-state index in [1.165, 1.54) is 25.6 Å². The fourth-order valence-corrected chi connectivity index (χ4v) is 3.52. The quantitative estimate of drug-likeness (QED) is 0.855. The largest absolute Gasteiger partial charge is 0.476 e. The van der Waals surface area contributed by atoms with Crippen molar-refractivity contribution in [3.05, 3.63) is 16.1 Å². The van der Waals surface area contributed by atoms with Gasteiger partial charge in [0.2, 0.25) is 5.95 Å². The summed E-state index contributed by atoms with van der Waals surface area (Å²) >= 11 is 1.40. The predicted octanol–water partition coefficient (Wildman–Crippen LogP) is 1.43. The molecular weight excluding hydrogens is 334 g/mol. The van der Waals surface area contributed by atoms with Crippen LogP contribution in [0, 0.1) is 0 Å². The average Bonchev–Trinajstić information content (AvgIpc) is 3.12. The SMILES string of the molecule is COc1nc(OC)nc(N2CCC(c3nc(C(=O)O)cs3)CC2)n1. The van der Waals surface area contributed by atoms with E-state index in [9.17, 15) is 4.79 Å². The highest BCUT2D eigenvalue weighted by Gasteiger charge is 2.26. The lowest BCUT2D eigenvalue weighted by atomic mass is 9.98. The molecular formula is C14H17N5O4S. The van der Waals surface area contributed by atoms with Gasteiger partial charge in [0.05, 0.1) is 19.2 Å². The summed E-state index contributed by atoms with van der Waals surface area (Å²) in [5, 5.41) is 11.4. The molecule has 10 heteroatoms. The summed E-state index contributed by atoms with van der Waals surface area (Å²) in [7, 11) is 2.99. The Kier molecular flexibility index (Phi) is 4.74. The lowest BCUT2D eigenvalue weighted by Crippen LogP contribution is -2.34. The standard InChI is InChI=1S/C14H17N5O4S/c1-22-13-16-12(17-14(18-13)23-2)19-5-3-8(4-6-19)10-15-9(7-24-10)11(20)21/h7-8H,3-6H2,1-2H3,(H,20,21). The number of hydrogen-bond donors (Lipinski definition) is 1. The van der Waals surface area contributed by atoms with Gasteiger partial charge in [-0.05, 0) is 12.8 Å².